The van der Waals surface area contributed by atoms with E-state index in [1.54, 1.807) is 60.7 Å². The molecule has 1 aliphatic rings. The Morgan fingerprint density at radius 1 is 0.735 bits per heavy atom. The number of benzene rings is 5. The Bertz CT molecular complexity index is 2190. The molecule has 0 bridgehead atoms. The van der Waals surface area contributed by atoms with Crippen molar-refractivity contribution in [2.45, 2.75) is 10.4 Å². The molecule has 0 aliphatic carbocycles. The first-order chi connectivity index (χ1) is 23.5. The lowest BCUT2D eigenvalue weighted by molar-refractivity contribution is -0.121. The van der Waals surface area contributed by atoms with E-state index in [1.165, 1.54) is 67.8 Å². The number of sulfonamides is 1. The van der Waals surface area contributed by atoms with Gasteiger partial charge in [-0.2, -0.15) is 4.31 Å². The number of hydrogen-bond acceptors (Lipinski definition) is 8. The van der Waals surface area contributed by atoms with E-state index in [2.05, 4.69) is 10.6 Å². The summed E-state index contributed by atoms with van der Waals surface area (Å²) in [5, 5.41) is 5.33. The lowest BCUT2D eigenvalue weighted by Gasteiger charge is -2.30. The molecule has 0 saturated carbocycles. The van der Waals surface area contributed by atoms with Crippen molar-refractivity contribution in [1.29, 1.82) is 0 Å². The monoisotopic (exact) mass is 717 g/mol. The van der Waals surface area contributed by atoms with Crippen LogP contribution in [0.3, 0.4) is 0 Å². The van der Waals surface area contributed by atoms with E-state index in [9.17, 15) is 22.8 Å². The van der Waals surface area contributed by atoms with Crippen LogP contribution in [0.5, 0.6) is 17.2 Å². The number of hydrogen-bond donors (Lipinski definition) is 2. The number of nitrogens with zero attached hydrogens (tertiary/aromatic N) is 1. The van der Waals surface area contributed by atoms with Crippen molar-refractivity contribution in [3.05, 3.63) is 142 Å². The van der Waals surface area contributed by atoms with Crippen molar-refractivity contribution in [1.82, 2.24) is 5.32 Å². The molecule has 1 unspecified atom stereocenters. The van der Waals surface area contributed by atoms with Crippen molar-refractivity contribution in [3.8, 4) is 17.2 Å². The number of anilines is 2. The highest BCUT2D eigenvalue weighted by molar-refractivity contribution is 7.93. The van der Waals surface area contributed by atoms with Gasteiger partial charge >= 0.3 is 12.2 Å². The fraction of sp³-hybridized carbons (Fsp3) is 0.0571. The third-order valence-corrected chi connectivity index (χ3v) is 9.79. The zero-order valence-corrected chi connectivity index (χ0v) is 27.8. The van der Waals surface area contributed by atoms with Gasteiger partial charge in [0.1, 0.15) is 22.1 Å². The predicted molar refractivity (Wildman–Crippen MR) is 183 cm³/mol. The van der Waals surface area contributed by atoms with E-state index in [1.807, 2.05) is 0 Å². The quantitative estimate of drug-likeness (QED) is 0.169. The first-order valence-electron chi connectivity index (χ1n) is 14.5. The van der Waals surface area contributed by atoms with E-state index < -0.39 is 38.6 Å². The Hall–Kier alpha value is -5.56. The highest BCUT2D eigenvalue weighted by Crippen LogP contribution is 2.50. The molecule has 6 rings (SSSR count). The Morgan fingerprint density at radius 3 is 1.98 bits per heavy atom. The minimum Gasteiger partial charge on any atom is -0.495 e. The average Bonchev–Trinajstić information content (AvgIpc) is 3.33. The van der Waals surface area contributed by atoms with Crippen LogP contribution in [0.1, 0.15) is 11.1 Å². The Kier molecular flexibility index (Phi) is 9.20. The molecule has 5 aromatic carbocycles. The SMILES string of the molecule is COc1cc(NC(=O)Oc2ccccc2)ccc1S(=O)(=O)N1C(=O)C(NC(=O)Oc2ccccc2)(c2ccccc2Cl)c2cc(Cl)ccc21. The van der Waals surface area contributed by atoms with Crippen molar-refractivity contribution in [3.63, 3.8) is 0 Å². The first-order valence-corrected chi connectivity index (χ1v) is 16.7. The summed E-state index contributed by atoms with van der Waals surface area (Å²) in [6, 6.07) is 30.5. The van der Waals surface area contributed by atoms with Gasteiger partial charge in [-0.1, -0.05) is 77.8 Å². The molecule has 0 fully saturated rings. The van der Waals surface area contributed by atoms with Crippen molar-refractivity contribution < 1.29 is 37.0 Å². The molecule has 0 radical (unpaired) electrons. The summed E-state index contributed by atoms with van der Waals surface area (Å²) < 4.78 is 45.8. The standard InChI is InChI=1S/C35H25Cl2N3O8S/c1-46-30-21-23(38-33(42)47-24-10-4-2-5-11-24)17-19-31(30)49(44,45)40-29-18-16-22(36)20-27(29)35(32(40)41,26-14-8-9-15-28(26)37)39-34(43)48-25-12-6-3-7-13-25/h2-21H,1H3,(H,38,42)(H,39,43). The third kappa shape index (κ3) is 6.36. The Labute approximate surface area is 291 Å². The maximum absolute atomic E-state index is 14.8. The van der Waals surface area contributed by atoms with Gasteiger partial charge in [0, 0.05) is 32.9 Å². The molecule has 248 valence electrons. The molecule has 0 aromatic heterocycles. The second kappa shape index (κ2) is 13.5. The Balaban J connectivity index is 1.43. The van der Waals surface area contributed by atoms with Gasteiger partial charge in [0.15, 0.2) is 5.54 Å². The average molecular weight is 719 g/mol. The molecule has 2 N–H and O–H groups in total. The van der Waals surface area contributed by atoms with Crippen LogP contribution in [0.15, 0.2) is 126 Å². The van der Waals surface area contributed by atoms with E-state index in [-0.39, 0.29) is 44.0 Å². The number of fused-ring (bicyclic) bond motifs is 1. The topological polar surface area (TPSA) is 140 Å². The van der Waals surface area contributed by atoms with Gasteiger partial charge in [-0.15, -0.1) is 0 Å². The number of carbonyl (C=O) groups excluding carboxylic acids is 3. The van der Waals surface area contributed by atoms with E-state index in [0.29, 0.717) is 10.1 Å². The fourth-order valence-corrected chi connectivity index (χ4v) is 7.44. The molecular formula is C35H25Cl2N3O8S. The van der Waals surface area contributed by atoms with Gasteiger partial charge < -0.3 is 14.2 Å². The number of amides is 3. The first kappa shape index (κ1) is 33.3. The summed E-state index contributed by atoms with van der Waals surface area (Å²) in [7, 11) is -3.57. The molecule has 11 nitrogen and oxygen atoms in total. The van der Waals surface area contributed by atoms with Gasteiger partial charge in [-0.3, -0.25) is 15.4 Å². The maximum atomic E-state index is 14.8. The van der Waals surface area contributed by atoms with Crippen LogP contribution >= 0.6 is 23.2 Å². The van der Waals surface area contributed by atoms with Crippen molar-refractivity contribution in [2.24, 2.45) is 0 Å². The zero-order chi connectivity index (χ0) is 34.8. The van der Waals surface area contributed by atoms with Crippen LogP contribution in [-0.2, 0) is 20.4 Å². The lowest BCUT2D eigenvalue weighted by Crippen LogP contribution is -2.55. The summed E-state index contributed by atoms with van der Waals surface area (Å²) in [5.74, 6) is -0.839. The smallest absolute Gasteiger partial charge is 0.417 e. The molecule has 0 saturated heterocycles. The van der Waals surface area contributed by atoms with Crippen molar-refractivity contribution in [2.75, 3.05) is 16.7 Å². The summed E-state index contributed by atoms with van der Waals surface area (Å²) in [6.07, 6.45) is -1.90. The van der Waals surface area contributed by atoms with Gasteiger partial charge in [0.05, 0.1) is 12.8 Å². The third-order valence-electron chi connectivity index (χ3n) is 7.49. The molecule has 1 aliphatic heterocycles. The molecule has 5 aromatic rings. The van der Waals surface area contributed by atoms with Crippen LogP contribution in [0.2, 0.25) is 10.0 Å². The predicted octanol–water partition coefficient (Wildman–Crippen LogP) is 7.38. The van der Waals surface area contributed by atoms with E-state index in [0.717, 1.165) is 0 Å². The highest BCUT2D eigenvalue weighted by Gasteiger charge is 2.58. The van der Waals surface area contributed by atoms with Crippen LogP contribution in [0.25, 0.3) is 0 Å². The number of carbonyl (C=O) groups is 3. The molecule has 49 heavy (non-hydrogen) atoms. The van der Waals surface area contributed by atoms with Gasteiger partial charge in [-0.05, 0) is 60.7 Å². The van der Waals surface area contributed by atoms with Crippen LogP contribution in [-0.4, -0.2) is 33.6 Å². The molecule has 1 atom stereocenters. The number of rotatable bonds is 8. The van der Waals surface area contributed by atoms with Gasteiger partial charge in [-0.25, -0.2) is 18.0 Å². The summed E-state index contributed by atoms with van der Waals surface area (Å²) in [6.45, 7) is 0. The van der Waals surface area contributed by atoms with Crippen molar-refractivity contribution >= 4 is 62.7 Å². The maximum Gasteiger partial charge on any atom is 0.417 e. The minimum atomic E-state index is -4.80. The summed E-state index contributed by atoms with van der Waals surface area (Å²) in [4.78, 5) is 40.4. The summed E-state index contributed by atoms with van der Waals surface area (Å²) in [5.41, 5.74) is -2.09. The number of methoxy groups -OCH3 is 1. The number of ether oxygens (including phenoxy) is 3. The lowest BCUT2D eigenvalue weighted by atomic mass is 9.84. The van der Waals surface area contributed by atoms with Crippen LogP contribution in [0.4, 0.5) is 21.0 Å². The second-order valence-corrected chi connectivity index (χ2v) is 13.1. The molecule has 1 heterocycles. The van der Waals surface area contributed by atoms with Crippen LogP contribution < -0.4 is 29.1 Å². The van der Waals surface area contributed by atoms with Gasteiger partial charge in [0.2, 0.25) is 0 Å². The van der Waals surface area contributed by atoms with Gasteiger partial charge in [0.25, 0.3) is 15.9 Å². The molecule has 14 heteroatoms. The number of halogens is 2. The number of nitrogens with one attached hydrogen (secondary N) is 2. The van der Waals surface area contributed by atoms with E-state index in [4.69, 9.17) is 37.4 Å². The highest BCUT2D eigenvalue weighted by atomic mass is 35.5. The normalized spacial score (nSPS) is 15.2. The summed E-state index contributed by atoms with van der Waals surface area (Å²) >= 11 is 13.0. The largest absolute Gasteiger partial charge is 0.495 e. The Morgan fingerprint density at radius 2 is 1.35 bits per heavy atom. The van der Waals surface area contributed by atoms with Crippen LogP contribution in [0, 0.1) is 0 Å². The molecule has 3 amide bonds. The molecule has 0 spiro atoms. The zero-order valence-electron chi connectivity index (χ0n) is 25.4. The minimum absolute atomic E-state index is 0.0209. The number of para-hydroxylation sites is 2. The second-order valence-electron chi connectivity index (χ2n) is 10.5. The molecular weight excluding hydrogens is 693 g/mol. The fourth-order valence-electron chi connectivity index (χ4n) is 5.38. The van der Waals surface area contributed by atoms with E-state index >= 15 is 0 Å².